The van der Waals surface area contributed by atoms with Gasteiger partial charge >= 0.3 is 0 Å². The van der Waals surface area contributed by atoms with Crippen LogP contribution in [-0.4, -0.2) is 41.4 Å². The summed E-state index contributed by atoms with van der Waals surface area (Å²) in [6, 6.07) is 7.65. The van der Waals surface area contributed by atoms with Gasteiger partial charge in [0.05, 0.1) is 12.6 Å². The van der Waals surface area contributed by atoms with Crippen LogP contribution in [0, 0.1) is 0 Å². The molecule has 1 aromatic carbocycles. The first-order chi connectivity index (χ1) is 8.26. The minimum absolute atomic E-state index is 0.00252. The van der Waals surface area contributed by atoms with E-state index in [2.05, 4.69) is 0 Å². The lowest BCUT2D eigenvalue weighted by Crippen LogP contribution is -2.37. The molecular weight excluding hydrogens is 234 g/mol. The van der Waals surface area contributed by atoms with E-state index < -0.39 is 0 Å². The third kappa shape index (κ3) is 2.64. The van der Waals surface area contributed by atoms with Gasteiger partial charge in [-0.3, -0.25) is 4.79 Å². The maximum Gasteiger partial charge on any atom is 0.254 e. The minimum atomic E-state index is 0.00252. The summed E-state index contributed by atoms with van der Waals surface area (Å²) in [4.78, 5) is 15.2. The molecule has 1 saturated heterocycles. The quantitative estimate of drug-likeness (QED) is 0.835. The van der Waals surface area contributed by atoms with Gasteiger partial charge in [-0.2, -0.15) is 0 Å². The molecule has 1 fully saturated rings. The van der Waals surface area contributed by atoms with Crippen molar-refractivity contribution in [1.29, 1.82) is 0 Å². The lowest BCUT2D eigenvalue weighted by molar-refractivity contribution is 0.0677. The van der Waals surface area contributed by atoms with Gasteiger partial charge in [-0.25, -0.2) is 0 Å². The van der Waals surface area contributed by atoms with E-state index >= 15 is 0 Å². The van der Waals surface area contributed by atoms with Crippen molar-refractivity contribution in [3.8, 4) is 0 Å². The number of thioether (sulfide) groups is 1. The van der Waals surface area contributed by atoms with Crippen molar-refractivity contribution in [1.82, 2.24) is 4.90 Å². The molecule has 0 radical (unpaired) electrons. The van der Waals surface area contributed by atoms with E-state index in [0.29, 0.717) is 5.56 Å². The van der Waals surface area contributed by atoms with Gasteiger partial charge in [0.15, 0.2) is 0 Å². The fraction of sp³-hybridized carbons (Fsp3) is 0.462. The molecule has 17 heavy (non-hydrogen) atoms. The lowest BCUT2D eigenvalue weighted by Gasteiger charge is -2.23. The fourth-order valence-corrected chi connectivity index (χ4v) is 2.60. The van der Waals surface area contributed by atoms with Crippen molar-refractivity contribution in [2.24, 2.45) is 0 Å². The molecule has 2 rings (SSSR count). The zero-order chi connectivity index (χ0) is 12.3. The van der Waals surface area contributed by atoms with Crippen LogP contribution in [0.25, 0.3) is 0 Å². The predicted octanol–water partition coefficient (Wildman–Crippen LogP) is 2.01. The van der Waals surface area contributed by atoms with Gasteiger partial charge < -0.3 is 10.0 Å². The monoisotopic (exact) mass is 251 g/mol. The van der Waals surface area contributed by atoms with Crippen LogP contribution in [-0.2, 0) is 0 Å². The molecular formula is C13H17NO2S. The Bertz CT molecular complexity index is 391. The number of amides is 1. The first-order valence-corrected chi connectivity index (χ1v) is 7.04. The Balaban J connectivity index is 2.13. The van der Waals surface area contributed by atoms with Gasteiger partial charge in [-0.1, -0.05) is 0 Å². The number of carbonyl (C=O) groups excluding carboxylic acids is 1. The summed E-state index contributed by atoms with van der Waals surface area (Å²) in [7, 11) is 0. The Labute approximate surface area is 106 Å². The zero-order valence-corrected chi connectivity index (χ0v) is 10.7. The van der Waals surface area contributed by atoms with Gasteiger partial charge in [0, 0.05) is 17.0 Å². The van der Waals surface area contributed by atoms with Gasteiger partial charge in [0.2, 0.25) is 0 Å². The second-order valence-electron chi connectivity index (χ2n) is 4.21. The molecule has 0 aliphatic carbocycles. The predicted molar refractivity (Wildman–Crippen MR) is 69.4 cm³/mol. The highest BCUT2D eigenvalue weighted by Crippen LogP contribution is 2.21. The number of nitrogens with zero attached hydrogens (tertiary/aromatic N) is 1. The SMILES string of the molecule is CSc1ccc(C(=O)N2CCCC2CO)cc1. The number of benzene rings is 1. The molecule has 1 aliphatic rings. The molecule has 1 heterocycles. The summed E-state index contributed by atoms with van der Waals surface area (Å²) in [5, 5.41) is 9.22. The number of aliphatic hydroxyl groups is 1. The highest BCUT2D eigenvalue weighted by atomic mass is 32.2. The molecule has 1 N–H and O–H groups in total. The smallest absolute Gasteiger partial charge is 0.254 e. The first-order valence-electron chi connectivity index (χ1n) is 5.82. The van der Waals surface area contributed by atoms with Crippen molar-refractivity contribution in [3.63, 3.8) is 0 Å². The number of hydrogen-bond acceptors (Lipinski definition) is 3. The van der Waals surface area contributed by atoms with E-state index in [-0.39, 0.29) is 18.6 Å². The molecule has 0 saturated carbocycles. The summed E-state index contributed by atoms with van der Waals surface area (Å²) < 4.78 is 0. The van der Waals surface area contributed by atoms with E-state index in [4.69, 9.17) is 0 Å². The Kier molecular flexibility index (Phi) is 4.07. The van der Waals surface area contributed by atoms with Crippen LogP contribution in [0.4, 0.5) is 0 Å². The number of rotatable bonds is 3. The Morgan fingerprint density at radius 2 is 2.18 bits per heavy atom. The maximum absolute atomic E-state index is 12.2. The average molecular weight is 251 g/mol. The normalized spacial score (nSPS) is 19.6. The summed E-state index contributed by atoms with van der Waals surface area (Å²) in [6.45, 7) is 0.822. The highest BCUT2D eigenvalue weighted by Gasteiger charge is 2.28. The number of hydrogen-bond donors (Lipinski definition) is 1. The van der Waals surface area contributed by atoms with Crippen LogP contribution >= 0.6 is 11.8 Å². The molecule has 1 aromatic rings. The largest absolute Gasteiger partial charge is 0.394 e. The Hall–Kier alpha value is -1.00. The topological polar surface area (TPSA) is 40.5 Å². The van der Waals surface area contributed by atoms with Crippen molar-refractivity contribution < 1.29 is 9.90 Å². The van der Waals surface area contributed by atoms with Crippen molar-refractivity contribution in [2.45, 2.75) is 23.8 Å². The molecule has 0 spiro atoms. The van der Waals surface area contributed by atoms with Crippen molar-refractivity contribution in [3.05, 3.63) is 29.8 Å². The minimum Gasteiger partial charge on any atom is -0.394 e. The van der Waals surface area contributed by atoms with Gasteiger partial charge in [-0.15, -0.1) is 11.8 Å². The van der Waals surface area contributed by atoms with Crippen LogP contribution in [0.15, 0.2) is 29.2 Å². The molecule has 4 heteroatoms. The zero-order valence-electron chi connectivity index (χ0n) is 9.93. The number of carbonyl (C=O) groups is 1. The van der Waals surface area contributed by atoms with E-state index in [9.17, 15) is 9.90 Å². The second-order valence-corrected chi connectivity index (χ2v) is 5.09. The Morgan fingerprint density at radius 1 is 1.47 bits per heavy atom. The van der Waals surface area contributed by atoms with E-state index in [1.807, 2.05) is 30.5 Å². The Morgan fingerprint density at radius 3 is 2.76 bits per heavy atom. The summed E-state index contributed by atoms with van der Waals surface area (Å²) >= 11 is 1.66. The lowest BCUT2D eigenvalue weighted by atomic mass is 10.2. The number of aliphatic hydroxyl groups excluding tert-OH is 1. The molecule has 0 aromatic heterocycles. The summed E-state index contributed by atoms with van der Waals surface area (Å²) in [5.74, 6) is 0.0363. The molecule has 1 atom stereocenters. The van der Waals surface area contributed by atoms with Crippen LogP contribution < -0.4 is 0 Å². The fourth-order valence-electron chi connectivity index (χ4n) is 2.19. The molecule has 1 unspecified atom stereocenters. The maximum atomic E-state index is 12.2. The van der Waals surface area contributed by atoms with Gasteiger partial charge in [0.25, 0.3) is 5.91 Å². The van der Waals surface area contributed by atoms with Crippen LogP contribution in [0.1, 0.15) is 23.2 Å². The number of likely N-dealkylation sites (tertiary alicyclic amines) is 1. The third-order valence-corrected chi connectivity index (χ3v) is 3.93. The summed E-state index contributed by atoms with van der Waals surface area (Å²) in [6.07, 6.45) is 3.91. The first kappa shape index (κ1) is 12.5. The molecule has 1 amide bonds. The van der Waals surface area contributed by atoms with Crippen LogP contribution in [0.5, 0.6) is 0 Å². The molecule has 1 aliphatic heterocycles. The molecule has 92 valence electrons. The van der Waals surface area contributed by atoms with Crippen LogP contribution in [0.2, 0.25) is 0 Å². The second kappa shape index (κ2) is 5.56. The highest BCUT2D eigenvalue weighted by molar-refractivity contribution is 7.98. The van der Waals surface area contributed by atoms with E-state index in [1.165, 1.54) is 0 Å². The third-order valence-electron chi connectivity index (χ3n) is 3.19. The van der Waals surface area contributed by atoms with Gasteiger partial charge in [0.1, 0.15) is 0 Å². The summed E-state index contributed by atoms with van der Waals surface area (Å²) in [5.41, 5.74) is 0.711. The molecule has 0 bridgehead atoms. The van der Waals surface area contributed by atoms with Crippen molar-refractivity contribution >= 4 is 17.7 Å². The van der Waals surface area contributed by atoms with E-state index in [1.54, 1.807) is 16.7 Å². The standard InChI is InChI=1S/C13H17NO2S/c1-17-12-6-4-10(5-7-12)13(16)14-8-2-3-11(14)9-15/h4-7,11,15H,2-3,8-9H2,1H3. The van der Waals surface area contributed by atoms with E-state index in [0.717, 1.165) is 24.3 Å². The average Bonchev–Trinajstić information content (AvgIpc) is 2.86. The van der Waals surface area contributed by atoms with Crippen LogP contribution in [0.3, 0.4) is 0 Å². The molecule has 3 nitrogen and oxygen atoms in total. The van der Waals surface area contributed by atoms with Crippen molar-refractivity contribution in [2.75, 3.05) is 19.4 Å². The van der Waals surface area contributed by atoms with Gasteiger partial charge in [-0.05, 0) is 43.4 Å².